The van der Waals surface area contributed by atoms with Crippen LogP contribution in [0.25, 0.3) is 0 Å². The van der Waals surface area contributed by atoms with E-state index in [-0.39, 0.29) is 23.7 Å². The number of amides is 3. The molecular formula is C15H19ClN2O2S. The van der Waals surface area contributed by atoms with Crippen LogP contribution in [0, 0.1) is 0 Å². The lowest BCUT2D eigenvalue weighted by Crippen LogP contribution is -2.45. The predicted molar refractivity (Wildman–Crippen MR) is 85.7 cm³/mol. The largest absolute Gasteiger partial charge is 0.335 e. The Hall–Kier alpha value is -1.20. The van der Waals surface area contributed by atoms with E-state index in [2.05, 4.69) is 10.6 Å². The van der Waals surface area contributed by atoms with Gasteiger partial charge in [-0.2, -0.15) is 0 Å². The fourth-order valence-corrected chi connectivity index (χ4v) is 3.14. The maximum atomic E-state index is 11.7. The number of imide groups is 1. The molecule has 4 nitrogen and oxygen atoms in total. The van der Waals surface area contributed by atoms with Gasteiger partial charge in [0, 0.05) is 16.0 Å². The molecule has 1 aliphatic rings. The van der Waals surface area contributed by atoms with Crippen LogP contribution in [0.15, 0.2) is 29.2 Å². The first-order valence-electron chi connectivity index (χ1n) is 7.12. The zero-order valence-corrected chi connectivity index (χ0v) is 13.3. The molecule has 2 rings (SSSR count). The van der Waals surface area contributed by atoms with E-state index in [1.807, 2.05) is 12.1 Å². The van der Waals surface area contributed by atoms with Gasteiger partial charge in [0.1, 0.15) is 0 Å². The van der Waals surface area contributed by atoms with Crippen molar-refractivity contribution in [3.05, 3.63) is 29.3 Å². The van der Waals surface area contributed by atoms with Crippen molar-refractivity contribution in [1.29, 1.82) is 0 Å². The van der Waals surface area contributed by atoms with Crippen LogP contribution in [0.3, 0.4) is 0 Å². The molecule has 0 bridgehead atoms. The molecule has 1 aromatic rings. The van der Waals surface area contributed by atoms with Gasteiger partial charge in [-0.15, -0.1) is 11.8 Å². The molecule has 3 amide bonds. The van der Waals surface area contributed by atoms with Gasteiger partial charge in [-0.25, -0.2) is 4.79 Å². The topological polar surface area (TPSA) is 58.2 Å². The molecule has 114 valence electrons. The van der Waals surface area contributed by atoms with E-state index < -0.39 is 0 Å². The molecule has 21 heavy (non-hydrogen) atoms. The molecule has 1 aromatic carbocycles. The van der Waals surface area contributed by atoms with Crippen LogP contribution in [0.4, 0.5) is 4.79 Å². The summed E-state index contributed by atoms with van der Waals surface area (Å²) in [6.07, 6.45) is 5.52. The van der Waals surface area contributed by atoms with Crippen LogP contribution in [0.2, 0.25) is 5.02 Å². The van der Waals surface area contributed by atoms with E-state index in [1.54, 1.807) is 12.1 Å². The minimum Gasteiger partial charge on any atom is -0.335 e. The molecule has 0 unspecified atom stereocenters. The van der Waals surface area contributed by atoms with Gasteiger partial charge in [-0.05, 0) is 37.1 Å². The molecule has 1 fully saturated rings. The van der Waals surface area contributed by atoms with E-state index in [4.69, 9.17) is 11.6 Å². The first-order chi connectivity index (χ1) is 10.1. The molecule has 1 saturated carbocycles. The SMILES string of the molecule is O=C(CSc1ccc(Cl)cc1)NC(=O)NC1CCCCC1. The molecule has 0 aromatic heterocycles. The summed E-state index contributed by atoms with van der Waals surface area (Å²) in [7, 11) is 0. The van der Waals surface area contributed by atoms with Gasteiger partial charge in [-0.1, -0.05) is 30.9 Å². The van der Waals surface area contributed by atoms with Crippen molar-refractivity contribution in [1.82, 2.24) is 10.6 Å². The number of carbonyl (C=O) groups excluding carboxylic acids is 2. The van der Waals surface area contributed by atoms with Gasteiger partial charge in [0.05, 0.1) is 5.75 Å². The first-order valence-corrected chi connectivity index (χ1v) is 8.48. The Bertz CT molecular complexity index is 487. The van der Waals surface area contributed by atoms with Gasteiger partial charge in [0.2, 0.25) is 5.91 Å². The van der Waals surface area contributed by atoms with Crippen LogP contribution >= 0.6 is 23.4 Å². The maximum absolute atomic E-state index is 11.7. The van der Waals surface area contributed by atoms with E-state index in [0.717, 1.165) is 30.6 Å². The zero-order valence-electron chi connectivity index (χ0n) is 11.7. The van der Waals surface area contributed by atoms with Crippen molar-refractivity contribution in [2.24, 2.45) is 0 Å². The fraction of sp³-hybridized carbons (Fsp3) is 0.467. The minimum absolute atomic E-state index is 0.204. The normalized spacial score (nSPS) is 15.5. The minimum atomic E-state index is -0.386. The highest BCUT2D eigenvalue weighted by Crippen LogP contribution is 2.20. The molecular weight excluding hydrogens is 308 g/mol. The van der Waals surface area contributed by atoms with E-state index in [1.165, 1.54) is 18.2 Å². The summed E-state index contributed by atoms with van der Waals surface area (Å²) in [5.41, 5.74) is 0. The van der Waals surface area contributed by atoms with Crippen molar-refractivity contribution in [2.75, 3.05) is 5.75 Å². The van der Waals surface area contributed by atoms with Gasteiger partial charge in [-0.3, -0.25) is 10.1 Å². The van der Waals surface area contributed by atoms with Crippen LogP contribution in [-0.4, -0.2) is 23.7 Å². The molecule has 0 radical (unpaired) electrons. The number of rotatable bonds is 4. The summed E-state index contributed by atoms with van der Waals surface area (Å²) >= 11 is 7.17. The summed E-state index contributed by atoms with van der Waals surface area (Å²) in [4.78, 5) is 24.4. The quantitative estimate of drug-likeness (QED) is 0.831. The Morgan fingerprint density at radius 1 is 1.14 bits per heavy atom. The zero-order chi connectivity index (χ0) is 15.1. The number of thioether (sulfide) groups is 1. The van der Waals surface area contributed by atoms with Crippen molar-refractivity contribution >= 4 is 35.3 Å². The molecule has 2 N–H and O–H groups in total. The van der Waals surface area contributed by atoms with Gasteiger partial charge in [0.25, 0.3) is 0 Å². The number of hydrogen-bond acceptors (Lipinski definition) is 3. The summed E-state index contributed by atoms with van der Waals surface area (Å²) in [5.74, 6) is -0.0806. The summed E-state index contributed by atoms with van der Waals surface area (Å²) in [6, 6.07) is 7.07. The van der Waals surface area contributed by atoms with Crippen LogP contribution in [0.5, 0.6) is 0 Å². The van der Waals surface area contributed by atoms with E-state index in [9.17, 15) is 9.59 Å². The third-order valence-corrected chi connectivity index (χ3v) is 4.64. The number of benzene rings is 1. The molecule has 0 spiro atoms. The number of nitrogens with one attached hydrogen (secondary N) is 2. The number of urea groups is 1. The second kappa shape index (κ2) is 8.29. The van der Waals surface area contributed by atoms with Crippen LogP contribution in [0.1, 0.15) is 32.1 Å². The number of halogens is 1. The Labute approximate surface area is 134 Å². The van der Waals surface area contributed by atoms with E-state index >= 15 is 0 Å². The van der Waals surface area contributed by atoms with Crippen molar-refractivity contribution in [3.63, 3.8) is 0 Å². The third-order valence-electron chi connectivity index (χ3n) is 3.38. The Morgan fingerprint density at radius 2 is 1.81 bits per heavy atom. The van der Waals surface area contributed by atoms with Gasteiger partial charge < -0.3 is 5.32 Å². The first kappa shape index (κ1) is 16.2. The molecule has 0 heterocycles. The average Bonchev–Trinajstić information content (AvgIpc) is 2.47. The van der Waals surface area contributed by atoms with Crippen LogP contribution < -0.4 is 10.6 Å². The standard InChI is InChI=1S/C15H19ClN2O2S/c16-11-6-8-13(9-7-11)21-10-14(19)18-15(20)17-12-4-2-1-3-5-12/h6-9,12H,1-5,10H2,(H2,17,18,19,20). The monoisotopic (exact) mass is 326 g/mol. The van der Waals surface area contributed by atoms with Crippen molar-refractivity contribution in [3.8, 4) is 0 Å². The third kappa shape index (κ3) is 5.98. The number of carbonyl (C=O) groups is 2. The highest BCUT2D eigenvalue weighted by Gasteiger charge is 2.16. The molecule has 0 atom stereocenters. The maximum Gasteiger partial charge on any atom is 0.321 e. The average molecular weight is 327 g/mol. The molecule has 0 saturated heterocycles. The lowest BCUT2D eigenvalue weighted by molar-refractivity contribution is -0.117. The predicted octanol–water partition coefficient (Wildman–Crippen LogP) is 3.59. The lowest BCUT2D eigenvalue weighted by atomic mass is 9.96. The van der Waals surface area contributed by atoms with Crippen molar-refractivity contribution in [2.45, 2.75) is 43.0 Å². The van der Waals surface area contributed by atoms with Crippen LogP contribution in [-0.2, 0) is 4.79 Å². The highest BCUT2D eigenvalue weighted by molar-refractivity contribution is 8.00. The van der Waals surface area contributed by atoms with Gasteiger partial charge in [0.15, 0.2) is 0 Å². The lowest BCUT2D eigenvalue weighted by Gasteiger charge is -2.22. The summed E-state index contributed by atoms with van der Waals surface area (Å²) in [6.45, 7) is 0. The smallest absolute Gasteiger partial charge is 0.321 e. The van der Waals surface area contributed by atoms with E-state index in [0.29, 0.717) is 5.02 Å². The Morgan fingerprint density at radius 3 is 2.48 bits per heavy atom. The molecule has 6 heteroatoms. The second-order valence-corrected chi connectivity index (χ2v) is 6.58. The summed E-state index contributed by atoms with van der Waals surface area (Å²) in [5, 5.41) is 5.89. The summed E-state index contributed by atoms with van der Waals surface area (Å²) < 4.78 is 0. The molecule has 1 aliphatic carbocycles. The number of hydrogen-bond donors (Lipinski definition) is 2. The fourth-order valence-electron chi connectivity index (χ4n) is 2.31. The molecule has 0 aliphatic heterocycles. The Balaban J connectivity index is 1.68. The van der Waals surface area contributed by atoms with Gasteiger partial charge >= 0.3 is 6.03 Å². The van der Waals surface area contributed by atoms with Crippen molar-refractivity contribution < 1.29 is 9.59 Å². The highest BCUT2D eigenvalue weighted by atomic mass is 35.5. The second-order valence-electron chi connectivity index (χ2n) is 5.10. The Kier molecular flexibility index (Phi) is 6.39.